The molecule has 11 nitrogen and oxygen atoms in total. The van der Waals surface area contributed by atoms with Crippen LogP contribution in [0.1, 0.15) is 29.3 Å². The molecule has 6 rings (SSSR count). The van der Waals surface area contributed by atoms with Crippen molar-refractivity contribution in [2.75, 3.05) is 25.7 Å². The maximum atomic E-state index is 12.3. The SMILES string of the molecule is COc1ccc(C(OC[C@H]2O[C@@H](n3cnc4c(N)ncnc43)C[C@H]2OS(C)(=O)=O)(c2ccccc2)c2ccccc2)cc1. The number of nitrogens with zero attached hydrogens (tertiary/aromatic N) is 4. The van der Waals surface area contributed by atoms with Gasteiger partial charge in [-0.1, -0.05) is 72.8 Å². The summed E-state index contributed by atoms with van der Waals surface area (Å²) in [5, 5.41) is 0. The quantitative estimate of drug-likeness (QED) is 0.184. The number of rotatable bonds is 10. The van der Waals surface area contributed by atoms with Crippen LogP contribution >= 0.6 is 0 Å². The molecule has 1 saturated heterocycles. The van der Waals surface area contributed by atoms with Gasteiger partial charge in [0.2, 0.25) is 0 Å². The molecule has 0 aliphatic carbocycles. The molecule has 43 heavy (non-hydrogen) atoms. The molecular weight excluding hydrogens is 570 g/mol. The van der Waals surface area contributed by atoms with Crippen LogP contribution in [-0.2, 0) is 29.4 Å². The fourth-order valence-corrected chi connectivity index (χ4v) is 6.21. The highest BCUT2D eigenvalue weighted by molar-refractivity contribution is 7.86. The van der Waals surface area contributed by atoms with Crippen LogP contribution in [0.15, 0.2) is 97.6 Å². The van der Waals surface area contributed by atoms with Gasteiger partial charge in [-0.05, 0) is 28.8 Å². The first-order chi connectivity index (χ1) is 20.8. The molecule has 0 spiro atoms. The number of nitrogens with two attached hydrogens (primary N) is 1. The molecule has 0 amide bonds. The average molecular weight is 602 g/mol. The van der Waals surface area contributed by atoms with Crippen molar-refractivity contribution in [2.24, 2.45) is 0 Å². The van der Waals surface area contributed by atoms with Gasteiger partial charge in [0.1, 0.15) is 41.6 Å². The van der Waals surface area contributed by atoms with E-state index in [4.69, 9.17) is 24.1 Å². The zero-order valence-corrected chi connectivity index (χ0v) is 24.4. The van der Waals surface area contributed by atoms with Gasteiger partial charge in [0.05, 0.1) is 26.3 Å². The Morgan fingerprint density at radius 2 is 1.56 bits per heavy atom. The summed E-state index contributed by atoms with van der Waals surface area (Å²) < 4.78 is 50.7. The lowest BCUT2D eigenvalue weighted by Crippen LogP contribution is -2.39. The minimum atomic E-state index is -3.82. The first-order valence-corrected chi connectivity index (χ1v) is 15.5. The third-order valence-corrected chi connectivity index (χ3v) is 8.09. The molecule has 3 heterocycles. The first-order valence-electron chi connectivity index (χ1n) is 13.6. The highest BCUT2D eigenvalue weighted by Crippen LogP contribution is 2.42. The van der Waals surface area contributed by atoms with Crippen molar-refractivity contribution in [3.8, 4) is 5.75 Å². The minimum absolute atomic E-state index is 0.00371. The van der Waals surface area contributed by atoms with E-state index in [2.05, 4.69) is 15.0 Å². The molecule has 3 aromatic carbocycles. The van der Waals surface area contributed by atoms with Crippen molar-refractivity contribution in [2.45, 2.75) is 30.5 Å². The number of benzene rings is 3. The van der Waals surface area contributed by atoms with Crippen molar-refractivity contribution in [1.82, 2.24) is 19.5 Å². The molecule has 1 aliphatic heterocycles. The van der Waals surface area contributed by atoms with Gasteiger partial charge < -0.3 is 19.9 Å². The summed E-state index contributed by atoms with van der Waals surface area (Å²) in [4.78, 5) is 12.7. The highest BCUT2D eigenvalue weighted by Gasteiger charge is 2.44. The number of hydrogen-bond acceptors (Lipinski definition) is 10. The third-order valence-electron chi connectivity index (χ3n) is 7.50. The van der Waals surface area contributed by atoms with E-state index in [-0.39, 0.29) is 18.8 Å². The largest absolute Gasteiger partial charge is 0.497 e. The Morgan fingerprint density at radius 1 is 0.930 bits per heavy atom. The Kier molecular flexibility index (Phi) is 7.84. The zero-order valence-electron chi connectivity index (χ0n) is 23.6. The monoisotopic (exact) mass is 601 g/mol. The van der Waals surface area contributed by atoms with E-state index in [0.717, 1.165) is 22.9 Å². The minimum Gasteiger partial charge on any atom is -0.497 e. The maximum Gasteiger partial charge on any atom is 0.264 e. The Hall–Kier alpha value is -4.36. The Labute approximate surface area is 249 Å². The summed E-state index contributed by atoms with van der Waals surface area (Å²) >= 11 is 0. The van der Waals surface area contributed by atoms with E-state index in [1.807, 2.05) is 84.9 Å². The van der Waals surface area contributed by atoms with E-state index in [9.17, 15) is 8.42 Å². The molecule has 0 radical (unpaired) electrons. The number of anilines is 1. The van der Waals surface area contributed by atoms with Crippen LogP contribution in [0, 0.1) is 0 Å². The Morgan fingerprint density at radius 3 is 2.16 bits per heavy atom. The summed E-state index contributed by atoms with van der Waals surface area (Å²) in [6, 6.07) is 27.4. The highest BCUT2D eigenvalue weighted by atomic mass is 32.2. The molecule has 2 N–H and O–H groups in total. The van der Waals surface area contributed by atoms with Crippen LogP contribution in [0.5, 0.6) is 5.75 Å². The molecule has 1 aliphatic rings. The normalized spacial score (nSPS) is 19.1. The molecule has 1 fully saturated rings. The second-order valence-corrected chi connectivity index (χ2v) is 11.8. The van der Waals surface area contributed by atoms with Crippen molar-refractivity contribution < 1.29 is 26.8 Å². The fraction of sp³-hybridized carbons (Fsp3) is 0.258. The van der Waals surface area contributed by atoms with Crippen LogP contribution < -0.4 is 10.5 Å². The van der Waals surface area contributed by atoms with Crippen molar-refractivity contribution in [3.63, 3.8) is 0 Å². The smallest absolute Gasteiger partial charge is 0.264 e. The molecule has 2 aromatic heterocycles. The van der Waals surface area contributed by atoms with Gasteiger partial charge in [-0.15, -0.1) is 0 Å². The second kappa shape index (κ2) is 11.7. The van der Waals surface area contributed by atoms with Gasteiger partial charge >= 0.3 is 0 Å². The Bertz CT molecular complexity index is 1760. The number of fused-ring (bicyclic) bond motifs is 1. The molecule has 3 atom stereocenters. The molecular formula is C31H31N5O6S. The van der Waals surface area contributed by atoms with Crippen LogP contribution in [0.3, 0.4) is 0 Å². The van der Waals surface area contributed by atoms with Crippen molar-refractivity contribution >= 4 is 27.1 Å². The van der Waals surface area contributed by atoms with Gasteiger partial charge in [-0.3, -0.25) is 8.75 Å². The van der Waals surface area contributed by atoms with E-state index >= 15 is 0 Å². The second-order valence-electron chi connectivity index (χ2n) is 10.2. The number of methoxy groups -OCH3 is 1. The molecule has 5 aromatic rings. The van der Waals surface area contributed by atoms with Crippen molar-refractivity contribution in [1.29, 1.82) is 0 Å². The van der Waals surface area contributed by atoms with Gasteiger partial charge in [-0.25, -0.2) is 15.0 Å². The molecule has 12 heteroatoms. The lowest BCUT2D eigenvalue weighted by Gasteiger charge is -2.37. The standard InChI is InChI=1S/C31H31N5O6S/c1-39-24-15-13-23(14-16-24)31(21-9-5-3-6-10-21,22-11-7-4-8-12-22)40-18-26-25(42-43(2,37)38)17-27(41-26)36-20-35-28-29(32)33-19-34-30(28)36/h3-16,19-20,25-27H,17-18H2,1-2H3,(H2,32,33,34)/t25-,26-,27-/m1/s1. The van der Waals surface area contributed by atoms with Crippen LogP contribution in [-0.4, -0.2) is 60.1 Å². The topological polar surface area (TPSA) is 141 Å². The third kappa shape index (κ3) is 5.69. The van der Waals surface area contributed by atoms with Gasteiger partial charge in [0, 0.05) is 6.42 Å². The Balaban J connectivity index is 1.40. The predicted octanol–water partition coefficient (Wildman–Crippen LogP) is 4.06. The lowest BCUT2D eigenvalue weighted by atomic mass is 9.80. The van der Waals surface area contributed by atoms with Gasteiger partial charge in [-0.2, -0.15) is 8.42 Å². The first kappa shape index (κ1) is 28.7. The number of hydrogen-bond donors (Lipinski definition) is 1. The molecule has 0 bridgehead atoms. The zero-order chi connectivity index (χ0) is 30.0. The molecule has 0 saturated carbocycles. The summed E-state index contributed by atoms with van der Waals surface area (Å²) in [5.74, 6) is 0.944. The van der Waals surface area contributed by atoms with Crippen LogP contribution in [0.4, 0.5) is 5.82 Å². The molecule has 0 unspecified atom stereocenters. The fourth-order valence-electron chi connectivity index (χ4n) is 5.56. The van der Waals surface area contributed by atoms with E-state index < -0.39 is 34.2 Å². The number of ether oxygens (including phenoxy) is 3. The maximum absolute atomic E-state index is 12.3. The number of nitrogen functional groups attached to an aromatic ring is 1. The number of imidazole rings is 1. The molecule has 222 valence electrons. The number of aromatic nitrogens is 4. The van der Waals surface area contributed by atoms with E-state index in [1.165, 1.54) is 6.33 Å². The lowest BCUT2D eigenvalue weighted by molar-refractivity contribution is -0.0896. The van der Waals surface area contributed by atoms with Gasteiger partial charge in [0.25, 0.3) is 10.1 Å². The summed E-state index contributed by atoms with van der Waals surface area (Å²) in [6.45, 7) is -0.00371. The van der Waals surface area contributed by atoms with Crippen molar-refractivity contribution in [3.05, 3.63) is 114 Å². The average Bonchev–Trinajstić information content (AvgIpc) is 3.63. The van der Waals surface area contributed by atoms with E-state index in [0.29, 0.717) is 16.9 Å². The summed E-state index contributed by atoms with van der Waals surface area (Å²) in [5.41, 5.74) is 8.43. The predicted molar refractivity (Wildman–Crippen MR) is 160 cm³/mol. The van der Waals surface area contributed by atoms with E-state index in [1.54, 1.807) is 18.0 Å². The summed E-state index contributed by atoms with van der Waals surface area (Å²) in [6.07, 6.45) is 1.90. The van der Waals surface area contributed by atoms with Crippen LogP contribution in [0.25, 0.3) is 11.2 Å². The van der Waals surface area contributed by atoms with Gasteiger partial charge in [0.15, 0.2) is 11.5 Å². The summed E-state index contributed by atoms with van der Waals surface area (Å²) in [7, 11) is -2.20. The van der Waals surface area contributed by atoms with Crippen LogP contribution in [0.2, 0.25) is 0 Å².